The van der Waals surface area contributed by atoms with Gasteiger partial charge < -0.3 is 13.9 Å². The third kappa shape index (κ3) is 3.58. The Kier molecular flexibility index (Phi) is 4.89. The van der Waals surface area contributed by atoms with Crippen molar-refractivity contribution in [3.63, 3.8) is 0 Å². The van der Waals surface area contributed by atoms with Gasteiger partial charge in [0.15, 0.2) is 11.5 Å². The van der Waals surface area contributed by atoms with Crippen LogP contribution in [-0.2, 0) is 12.2 Å². The van der Waals surface area contributed by atoms with Crippen molar-refractivity contribution in [2.24, 2.45) is 0 Å². The molecule has 3 aromatic rings. The minimum Gasteiger partial charge on any atom is -0.490 e. The van der Waals surface area contributed by atoms with Gasteiger partial charge in [0.1, 0.15) is 5.58 Å². The van der Waals surface area contributed by atoms with Gasteiger partial charge in [-0.2, -0.15) is 0 Å². The molecule has 1 aliphatic heterocycles. The third-order valence-electron chi connectivity index (χ3n) is 4.42. The molecule has 0 atom stereocenters. The summed E-state index contributed by atoms with van der Waals surface area (Å²) < 4.78 is 16.8. The van der Waals surface area contributed by atoms with Gasteiger partial charge in [0, 0.05) is 28.5 Å². The fraction of sp³-hybridized carbons (Fsp3) is 0.286. The second kappa shape index (κ2) is 7.46. The highest BCUT2D eigenvalue weighted by atomic mass is 32.2. The molecule has 4 nitrogen and oxygen atoms in total. The predicted molar refractivity (Wildman–Crippen MR) is 103 cm³/mol. The predicted octanol–water partition coefficient (Wildman–Crippen LogP) is 4.81. The molecule has 0 fully saturated rings. The normalized spacial score (nSPS) is 13.6. The lowest BCUT2D eigenvalue weighted by Crippen LogP contribution is -2.00. The lowest BCUT2D eigenvalue weighted by atomic mass is 10.1. The Morgan fingerprint density at radius 2 is 1.85 bits per heavy atom. The quantitative estimate of drug-likeness (QED) is 0.489. The Labute approximate surface area is 156 Å². The molecule has 0 bridgehead atoms. The number of ether oxygens (including phenoxy) is 2. The SMILES string of the molecule is CCc1ccc2c(CSc3ccc4c(c3)OCCCO4)cc(=O)oc2c1. The largest absolute Gasteiger partial charge is 0.490 e. The van der Waals surface area contributed by atoms with Crippen LogP contribution in [0.3, 0.4) is 0 Å². The van der Waals surface area contributed by atoms with Crippen molar-refractivity contribution in [3.05, 3.63) is 64.0 Å². The van der Waals surface area contributed by atoms with Gasteiger partial charge in [0.2, 0.25) is 0 Å². The van der Waals surface area contributed by atoms with E-state index in [0.717, 1.165) is 45.7 Å². The summed E-state index contributed by atoms with van der Waals surface area (Å²) in [6.45, 7) is 3.44. The second-order valence-electron chi connectivity index (χ2n) is 6.22. The molecule has 0 amide bonds. The van der Waals surface area contributed by atoms with E-state index in [4.69, 9.17) is 13.9 Å². The van der Waals surface area contributed by atoms with Gasteiger partial charge in [-0.3, -0.25) is 0 Å². The van der Waals surface area contributed by atoms with E-state index in [0.29, 0.717) is 24.5 Å². The van der Waals surface area contributed by atoms with E-state index in [2.05, 4.69) is 13.0 Å². The van der Waals surface area contributed by atoms with Gasteiger partial charge in [-0.15, -0.1) is 11.8 Å². The van der Waals surface area contributed by atoms with Crippen molar-refractivity contribution in [2.45, 2.75) is 30.4 Å². The van der Waals surface area contributed by atoms with Crippen molar-refractivity contribution in [1.82, 2.24) is 0 Å². The van der Waals surface area contributed by atoms with Crippen LogP contribution in [0.2, 0.25) is 0 Å². The van der Waals surface area contributed by atoms with E-state index in [9.17, 15) is 4.79 Å². The summed E-state index contributed by atoms with van der Waals surface area (Å²) in [5, 5.41) is 0.989. The molecule has 0 N–H and O–H groups in total. The Morgan fingerprint density at radius 3 is 2.69 bits per heavy atom. The zero-order valence-electron chi connectivity index (χ0n) is 14.6. The van der Waals surface area contributed by atoms with Crippen LogP contribution >= 0.6 is 11.8 Å². The van der Waals surface area contributed by atoms with E-state index in [-0.39, 0.29) is 5.63 Å². The van der Waals surface area contributed by atoms with Crippen LogP contribution in [0.15, 0.2) is 56.6 Å². The fourth-order valence-electron chi connectivity index (χ4n) is 3.01. The molecule has 5 heteroatoms. The molecule has 1 aromatic heterocycles. The molecule has 0 aliphatic carbocycles. The average molecular weight is 368 g/mol. The van der Waals surface area contributed by atoms with E-state index in [1.165, 1.54) is 0 Å². The molecule has 0 spiro atoms. The number of aryl methyl sites for hydroxylation is 1. The number of hydrogen-bond acceptors (Lipinski definition) is 5. The van der Waals surface area contributed by atoms with Crippen molar-refractivity contribution in [1.29, 1.82) is 0 Å². The van der Waals surface area contributed by atoms with E-state index in [1.54, 1.807) is 17.8 Å². The summed E-state index contributed by atoms with van der Waals surface area (Å²) >= 11 is 1.67. The molecule has 1 aliphatic rings. The van der Waals surface area contributed by atoms with Gasteiger partial charge in [0.05, 0.1) is 13.2 Å². The number of thioether (sulfide) groups is 1. The zero-order chi connectivity index (χ0) is 17.9. The second-order valence-corrected chi connectivity index (χ2v) is 7.27. The number of benzene rings is 2. The first-order valence-electron chi connectivity index (χ1n) is 8.81. The number of fused-ring (bicyclic) bond motifs is 2. The highest BCUT2D eigenvalue weighted by Crippen LogP contribution is 2.35. The minimum absolute atomic E-state index is 0.306. The summed E-state index contributed by atoms with van der Waals surface area (Å²) in [5.41, 5.74) is 2.50. The first kappa shape index (κ1) is 17.0. The monoisotopic (exact) mass is 368 g/mol. The average Bonchev–Trinajstić information content (AvgIpc) is 2.90. The van der Waals surface area contributed by atoms with Crippen LogP contribution in [0.5, 0.6) is 11.5 Å². The van der Waals surface area contributed by atoms with E-state index in [1.807, 2.05) is 30.3 Å². The van der Waals surface area contributed by atoms with Crippen molar-refractivity contribution in [3.8, 4) is 11.5 Å². The topological polar surface area (TPSA) is 48.7 Å². The smallest absolute Gasteiger partial charge is 0.336 e. The molecule has 0 radical (unpaired) electrons. The standard InChI is InChI=1S/C21H20O4S/c1-2-14-4-6-17-15(11-21(22)25-19(17)10-14)13-26-16-5-7-18-20(12-16)24-9-3-8-23-18/h4-7,10-12H,2-3,8-9,13H2,1H3. The molecule has 134 valence electrons. The summed E-state index contributed by atoms with van der Waals surface area (Å²) in [7, 11) is 0. The molecule has 2 aromatic carbocycles. The first-order chi connectivity index (χ1) is 12.7. The fourth-order valence-corrected chi connectivity index (χ4v) is 3.92. The van der Waals surface area contributed by atoms with Gasteiger partial charge in [-0.1, -0.05) is 19.1 Å². The first-order valence-corrected chi connectivity index (χ1v) is 9.79. The van der Waals surface area contributed by atoms with Crippen LogP contribution in [0.1, 0.15) is 24.5 Å². The van der Waals surface area contributed by atoms with Crippen molar-refractivity contribution in [2.75, 3.05) is 13.2 Å². The molecular weight excluding hydrogens is 348 g/mol. The Bertz CT molecular complexity index is 993. The molecule has 2 heterocycles. The highest BCUT2D eigenvalue weighted by molar-refractivity contribution is 7.98. The highest BCUT2D eigenvalue weighted by Gasteiger charge is 2.12. The van der Waals surface area contributed by atoms with Crippen molar-refractivity contribution >= 4 is 22.7 Å². The van der Waals surface area contributed by atoms with Gasteiger partial charge in [-0.25, -0.2) is 4.79 Å². The van der Waals surface area contributed by atoms with Crippen molar-refractivity contribution < 1.29 is 13.9 Å². The summed E-state index contributed by atoms with van der Waals surface area (Å²) in [4.78, 5) is 13.0. The lowest BCUT2D eigenvalue weighted by molar-refractivity contribution is 0.297. The van der Waals surface area contributed by atoms with Gasteiger partial charge in [0.25, 0.3) is 0 Å². The Morgan fingerprint density at radius 1 is 1.00 bits per heavy atom. The lowest BCUT2D eigenvalue weighted by Gasteiger charge is -2.10. The Hall–Kier alpha value is -2.40. The van der Waals surface area contributed by atoms with Crippen LogP contribution in [0, 0.1) is 0 Å². The third-order valence-corrected chi connectivity index (χ3v) is 5.46. The van der Waals surface area contributed by atoms with Crippen LogP contribution < -0.4 is 15.1 Å². The maximum atomic E-state index is 11.9. The van der Waals surface area contributed by atoms with E-state index < -0.39 is 0 Å². The minimum atomic E-state index is -0.306. The van der Waals surface area contributed by atoms with Gasteiger partial charge in [-0.05, 0) is 41.8 Å². The van der Waals surface area contributed by atoms with Gasteiger partial charge >= 0.3 is 5.63 Å². The number of hydrogen-bond donors (Lipinski definition) is 0. The molecule has 0 saturated carbocycles. The zero-order valence-corrected chi connectivity index (χ0v) is 15.4. The molecular formula is C21H20O4S. The molecule has 0 saturated heterocycles. The maximum absolute atomic E-state index is 11.9. The summed E-state index contributed by atoms with van der Waals surface area (Å²) in [6, 6.07) is 13.7. The molecule has 0 unspecified atom stereocenters. The number of rotatable bonds is 4. The summed E-state index contributed by atoms with van der Waals surface area (Å²) in [5.74, 6) is 2.27. The van der Waals surface area contributed by atoms with E-state index >= 15 is 0 Å². The van der Waals surface area contributed by atoms with Crippen LogP contribution in [-0.4, -0.2) is 13.2 Å². The maximum Gasteiger partial charge on any atom is 0.336 e. The summed E-state index contributed by atoms with van der Waals surface area (Å²) in [6.07, 6.45) is 1.80. The van der Waals surface area contributed by atoms with Crippen LogP contribution in [0.25, 0.3) is 11.0 Å². The molecule has 26 heavy (non-hydrogen) atoms. The molecule has 4 rings (SSSR count). The Balaban J connectivity index is 1.60. The van der Waals surface area contributed by atoms with Crippen LogP contribution in [0.4, 0.5) is 0 Å².